The molecular weight excluding hydrogens is 325 g/mol. The highest BCUT2D eigenvalue weighted by Crippen LogP contribution is 2.36. The summed E-state index contributed by atoms with van der Waals surface area (Å²) in [5.74, 6) is -0.438. The van der Waals surface area contributed by atoms with Crippen molar-refractivity contribution in [2.45, 2.75) is 43.8 Å². The van der Waals surface area contributed by atoms with E-state index in [-0.39, 0.29) is 23.6 Å². The number of amides is 2. The van der Waals surface area contributed by atoms with Gasteiger partial charge < -0.3 is 19.3 Å². The van der Waals surface area contributed by atoms with Crippen LogP contribution >= 0.6 is 0 Å². The third-order valence-corrected chi connectivity index (χ3v) is 5.36. The summed E-state index contributed by atoms with van der Waals surface area (Å²) in [5.41, 5.74) is -0.371. The summed E-state index contributed by atoms with van der Waals surface area (Å²) in [6.07, 6.45) is 5.95. The molecule has 4 heterocycles. The smallest absolute Gasteiger partial charge is 0.320 e. The van der Waals surface area contributed by atoms with Crippen molar-refractivity contribution in [3.8, 4) is 5.88 Å². The van der Waals surface area contributed by atoms with Gasteiger partial charge in [0.15, 0.2) is 5.82 Å². The molecule has 3 saturated heterocycles. The molecule has 4 rings (SSSR count). The normalized spacial score (nSPS) is 29.4. The SMILES string of the molecule is O=C(N1CCCC1)N1CCC[C@]2(C[C@@H](Oc3ncccc3F)CO2)C1. The highest BCUT2D eigenvalue weighted by molar-refractivity contribution is 5.75. The molecule has 3 aliphatic rings. The van der Waals surface area contributed by atoms with E-state index >= 15 is 0 Å². The van der Waals surface area contributed by atoms with E-state index in [0.717, 1.165) is 45.3 Å². The Morgan fingerprint density at radius 1 is 1.28 bits per heavy atom. The molecule has 0 bridgehead atoms. The van der Waals surface area contributed by atoms with Gasteiger partial charge in [0.1, 0.15) is 6.10 Å². The predicted octanol–water partition coefficient (Wildman–Crippen LogP) is 2.44. The quantitative estimate of drug-likeness (QED) is 0.823. The Morgan fingerprint density at radius 2 is 2.08 bits per heavy atom. The van der Waals surface area contributed by atoms with E-state index in [2.05, 4.69) is 4.98 Å². The number of halogens is 1. The van der Waals surface area contributed by atoms with E-state index in [1.165, 1.54) is 18.3 Å². The Bertz CT molecular complexity index is 638. The molecule has 2 atom stereocenters. The molecule has 0 aromatic carbocycles. The number of hydrogen-bond acceptors (Lipinski definition) is 4. The van der Waals surface area contributed by atoms with Crippen molar-refractivity contribution in [1.82, 2.24) is 14.8 Å². The van der Waals surface area contributed by atoms with Crippen LogP contribution in [-0.2, 0) is 4.74 Å². The average molecular weight is 349 g/mol. The van der Waals surface area contributed by atoms with E-state index < -0.39 is 5.82 Å². The number of hydrogen-bond donors (Lipinski definition) is 0. The Labute approximate surface area is 146 Å². The summed E-state index contributed by atoms with van der Waals surface area (Å²) in [7, 11) is 0. The zero-order valence-corrected chi connectivity index (χ0v) is 14.3. The number of aromatic nitrogens is 1. The van der Waals surface area contributed by atoms with Crippen molar-refractivity contribution in [1.29, 1.82) is 0 Å². The Morgan fingerprint density at radius 3 is 2.88 bits per heavy atom. The standard InChI is InChI=1S/C18H24FN3O3/c19-15-5-3-7-20-16(15)25-14-11-18(24-12-14)6-4-10-22(13-18)17(23)21-8-1-2-9-21/h3,5,7,14H,1-2,4,6,8-13H2/t14-,18+/m1/s1. The number of likely N-dealkylation sites (tertiary alicyclic amines) is 2. The van der Waals surface area contributed by atoms with Crippen molar-refractivity contribution < 1.29 is 18.7 Å². The first-order chi connectivity index (χ1) is 12.2. The van der Waals surface area contributed by atoms with Crippen LogP contribution in [0.2, 0.25) is 0 Å². The molecule has 0 aliphatic carbocycles. The summed E-state index contributed by atoms with van der Waals surface area (Å²) in [5, 5.41) is 0. The predicted molar refractivity (Wildman–Crippen MR) is 88.9 cm³/mol. The summed E-state index contributed by atoms with van der Waals surface area (Å²) in [4.78, 5) is 20.5. The number of ether oxygens (including phenoxy) is 2. The fourth-order valence-electron chi connectivity index (χ4n) is 4.15. The van der Waals surface area contributed by atoms with Gasteiger partial charge in [0, 0.05) is 32.3 Å². The van der Waals surface area contributed by atoms with Gasteiger partial charge in [0.25, 0.3) is 5.88 Å². The summed E-state index contributed by atoms with van der Waals surface area (Å²) in [6, 6.07) is 3.00. The third-order valence-electron chi connectivity index (χ3n) is 5.36. The minimum Gasteiger partial charge on any atom is -0.470 e. The largest absolute Gasteiger partial charge is 0.470 e. The molecule has 136 valence electrons. The maximum Gasteiger partial charge on any atom is 0.320 e. The molecular formula is C18H24FN3O3. The van der Waals surface area contributed by atoms with Crippen molar-refractivity contribution in [3.63, 3.8) is 0 Å². The van der Waals surface area contributed by atoms with Gasteiger partial charge in [-0.2, -0.15) is 0 Å². The van der Waals surface area contributed by atoms with Crippen LogP contribution in [0.25, 0.3) is 0 Å². The van der Waals surface area contributed by atoms with Crippen LogP contribution in [0.1, 0.15) is 32.1 Å². The van der Waals surface area contributed by atoms with Gasteiger partial charge in [0.05, 0.1) is 18.8 Å². The lowest BCUT2D eigenvalue weighted by molar-refractivity contribution is -0.0442. The molecule has 1 aromatic heterocycles. The molecule has 0 radical (unpaired) electrons. The first-order valence-electron chi connectivity index (χ1n) is 9.10. The van der Waals surface area contributed by atoms with Gasteiger partial charge in [-0.25, -0.2) is 14.2 Å². The van der Waals surface area contributed by atoms with Crippen molar-refractivity contribution in [3.05, 3.63) is 24.1 Å². The molecule has 3 aliphatic heterocycles. The lowest BCUT2D eigenvalue weighted by atomic mass is 9.89. The van der Waals surface area contributed by atoms with Gasteiger partial charge in [-0.1, -0.05) is 0 Å². The van der Waals surface area contributed by atoms with Crippen molar-refractivity contribution >= 4 is 6.03 Å². The number of nitrogens with zero attached hydrogens (tertiary/aromatic N) is 3. The van der Waals surface area contributed by atoms with Gasteiger partial charge >= 0.3 is 6.03 Å². The van der Waals surface area contributed by atoms with E-state index in [0.29, 0.717) is 19.6 Å². The first-order valence-corrected chi connectivity index (χ1v) is 9.10. The zero-order chi connectivity index (χ0) is 17.3. The maximum absolute atomic E-state index is 13.7. The van der Waals surface area contributed by atoms with Crippen LogP contribution in [0.5, 0.6) is 5.88 Å². The molecule has 3 fully saturated rings. The highest BCUT2D eigenvalue weighted by Gasteiger charge is 2.46. The lowest BCUT2D eigenvalue weighted by Crippen LogP contribution is -2.53. The molecule has 0 saturated carbocycles. The van der Waals surface area contributed by atoms with E-state index in [1.807, 2.05) is 9.80 Å². The Hall–Kier alpha value is -1.89. The number of rotatable bonds is 2. The van der Waals surface area contributed by atoms with Crippen LogP contribution in [0, 0.1) is 5.82 Å². The maximum atomic E-state index is 13.7. The summed E-state index contributed by atoms with van der Waals surface area (Å²) >= 11 is 0. The number of urea groups is 1. The third kappa shape index (κ3) is 3.42. The number of carbonyl (C=O) groups is 1. The lowest BCUT2D eigenvalue weighted by Gasteiger charge is -2.40. The van der Waals surface area contributed by atoms with E-state index in [1.54, 1.807) is 0 Å². The molecule has 7 heteroatoms. The molecule has 0 N–H and O–H groups in total. The second kappa shape index (κ2) is 6.78. The van der Waals surface area contributed by atoms with Crippen LogP contribution in [0.4, 0.5) is 9.18 Å². The topological polar surface area (TPSA) is 54.9 Å². The van der Waals surface area contributed by atoms with Crippen molar-refractivity contribution in [2.75, 3.05) is 32.8 Å². The molecule has 0 unspecified atom stereocenters. The number of piperidine rings is 1. The van der Waals surface area contributed by atoms with Crippen molar-refractivity contribution in [2.24, 2.45) is 0 Å². The number of carbonyl (C=O) groups excluding carboxylic acids is 1. The van der Waals surface area contributed by atoms with E-state index in [4.69, 9.17) is 9.47 Å². The number of pyridine rings is 1. The zero-order valence-electron chi connectivity index (χ0n) is 14.3. The van der Waals surface area contributed by atoms with Crippen LogP contribution < -0.4 is 4.74 Å². The van der Waals surface area contributed by atoms with Crippen LogP contribution in [0.15, 0.2) is 18.3 Å². The molecule has 6 nitrogen and oxygen atoms in total. The fraction of sp³-hybridized carbons (Fsp3) is 0.667. The van der Waals surface area contributed by atoms with Gasteiger partial charge in [0.2, 0.25) is 0 Å². The molecule has 1 aromatic rings. The van der Waals surface area contributed by atoms with Crippen LogP contribution in [0.3, 0.4) is 0 Å². The minimum absolute atomic E-state index is 0.0222. The first kappa shape index (κ1) is 16.6. The van der Waals surface area contributed by atoms with E-state index in [9.17, 15) is 9.18 Å². The Balaban J connectivity index is 1.39. The summed E-state index contributed by atoms with van der Waals surface area (Å²) in [6.45, 7) is 3.48. The van der Waals surface area contributed by atoms with Gasteiger partial charge in [-0.3, -0.25) is 0 Å². The summed E-state index contributed by atoms with van der Waals surface area (Å²) < 4.78 is 25.5. The fourth-order valence-corrected chi connectivity index (χ4v) is 4.15. The molecule has 25 heavy (non-hydrogen) atoms. The average Bonchev–Trinajstić information content (AvgIpc) is 3.27. The second-order valence-corrected chi connectivity index (χ2v) is 7.23. The highest BCUT2D eigenvalue weighted by atomic mass is 19.1. The Kier molecular flexibility index (Phi) is 4.50. The molecule has 1 spiro atoms. The monoisotopic (exact) mass is 349 g/mol. The minimum atomic E-state index is -0.460. The molecule has 2 amide bonds. The van der Waals surface area contributed by atoms with Crippen LogP contribution in [-0.4, -0.2) is 65.3 Å². The van der Waals surface area contributed by atoms with Gasteiger partial charge in [-0.15, -0.1) is 0 Å². The second-order valence-electron chi connectivity index (χ2n) is 7.23. The van der Waals surface area contributed by atoms with Gasteiger partial charge in [-0.05, 0) is 37.8 Å².